The van der Waals surface area contributed by atoms with Crippen LogP contribution < -0.4 is 5.73 Å². The lowest BCUT2D eigenvalue weighted by Crippen LogP contribution is -2.10. The molecule has 0 unspecified atom stereocenters. The number of rotatable bonds is 5. The van der Waals surface area contributed by atoms with Crippen molar-refractivity contribution in [2.45, 2.75) is 39.7 Å². The summed E-state index contributed by atoms with van der Waals surface area (Å²) in [6, 6.07) is 12.5. The normalized spacial score (nSPS) is 12.2. The summed E-state index contributed by atoms with van der Waals surface area (Å²) in [5.74, 6) is -0.572. The Balaban J connectivity index is 2.45. The van der Waals surface area contributed by atoms with Crippen molar-refractivity contribution in [3.63, 3.8) is 0 Å². The van der Waals surface area contributed by atoms with Crippen LogP contribution in [-0.4, -0.2) is 11.1 Å². The van der Waals surface area contributed by atoms with Gasteiger partial charge in [0.15, 0.2) is 0 Å². The molecule has 0 aliphatic carbocycles. The summed E-state index contributed by atoms with van der Waals surface area (Å²) in [4.78, 5) is 11.0. The summed E-state index contributed by atoms with van der Waals surface area (Å²) in [5, 5.41) is 9.02. The third kappa shape index (κ3) is 3.55. The molecule has 116 valence electrons. The molecular weight excluding hydrogens is 274 g/mol. The molecule has 1 atom stereocenters. The van der Waals surface area contributed by atoms with Crippen LogP contribution in [0.25, 0.3) is 0 Å². The van der Waals surface area contributed by atoms with Gasteiger partial charge < -0.3 is 10.8 Å². The fourth-order valence-corrected chi connectivity index (χ4v) is 2.93. The first kappa shape index (κ1) is 16.2. The summed E-state index contributed by atoms with van der Waals surface area (Å²) in [6.45, 7) is 6.66. The number of carboxylic acids is 1. The van der Waals surface area contributed by atoms with Gasteiger partial charge in [0.1, 0.15) is 0 Å². The second kappa shape index (κ2) is 6.75. The molecule has 2 rings (SSSR count). The van der Waals surface area contributed by atoms with Gasteiger partial charge >= 0.3 is 5.97 Å². The zero-order valence-electron chi connectivity index (χ0n) is 13.4. The Hall–Kier alpha value is -2.13. The van der Waals surface area contributed by atoms with Gasteiger partial charge in [0.25, 0.3) is 0 Å². The minimum absolute atomic E-state index is 0.0203. The summed E-state index contributed by atoms with van der Waals surface area (Å²) in [6.07, 6.45) is 0.0203. The van der Waals surface area contributed by atoms with Crippen LogP contribution in [0, 0.1) is 13.8 Å². The van der Waals surface area contributed by atoms with Gasteiger partial charge in [-0.15, -0.1) is 0 Å². The second-order valence-electron chi connectivity index (χ2n) is 5.89. The Labute approximate surface area is 131 Å². The van der Waals surface area contributed by atoms with Crippen molar-refractivity contribution in [2.75, 3.05) is 0 Å². The molecular formula is C19H23NO2. The second-order valence-corrected chi connectivity index (χ2v) is 5.89. The van der Waals surface area contributed by atoms with Gasteiger partial charge in [-0.1, -0.05) is 48.9 Å². The van der Waals surface area contributed by atoms with E-state index in [9.17, 15) is 4.79 Å². The quantitative estimate of drug-likeness (QED) is 0.887. The molecule has 0 aromatic heterocycles. The third-order valence-corrected chi connectivity index (χ3v) is 4.16. The smallest absolute Gasteiger partial charge is 0.307 e. The first-order valence-corrected chi connectivity index (χ1v) is 7.53. The van der Waals surface area contributed by atoms with Gasteiger partial charge in [0.2, 0.25) is 0 Å². The highest BCUT2D eigenvalue weighted by Crippen LogP contribution is 2.29. The Bertz CT molecular complexity index is 692. The van der Waals surface area contributed by atoms with Crippen LogP contribution >= 0.6 is 0 Å². The maximum Gasteiger partial charge on any atom is 0.307 e. The summed E-state index contributed by atoms with van der Waals surface area (Å²) >= 11 is 0. The molecule has 0 aliphatic rings. The van der Waals surface area contributed by atoms with Crippen molar-refractivity contribution in [3.8, 4) is 0 Å². The van der Waals surface area contributed by atoms with E-state index in [4.69, 9.17) is 10.8 Å². The summed E-state index contributed by atoms with van der Waals surface area (Å²) < 4.78 is 0. The number of nitrogens with two attached hydrogens (primary N) is 1. The molecule has 2 aromatic rings. The number of aryl methyl sites for hydroxylation is 2. The van der Waals surface area contributed by atoms with E-state index in [0.717, 1.165) is 16.7 Å². The Morgan fingerprint density at radius 1 is 1.18 bits per heavy atom. The van der Waals surface area contributed by atoms with Gasteiger partial charge in [0.05, 0.1) is 6.42 Å². The van der Waals surface area contributed by atoms with E-state index in [1.54, 1.807) is 0 Å². The Morgan fingerprint density at radius 2 is 1.91 bits per heavy atom. The molecule has 3 N–H and O–H groups in total. The predicted octanol–water partition coefficient (Wildman–Crippen LogP) is 3.54. The lowest BCUT2D eigenvalue weighted by Gasteiger charge is -2.19. The van der Waals surface area contributed by atoms with Crippen LogP contribution in [0.3, 0.4) is 0 Å². The Kier molecular flexibility index (Phi) is 4.99. The molecule has 3 heteroatoms. The third-order valence-electron chi connectivity index (χ3n) is 4.16. The van der Waals surface area contributed by atoms with Crippen molar-refractivity contribution in [1.82, 2.24) is 0 Å². The largest absolute Gasteiger partial charge is 0.481 e. The van der Waals surface area contributed by atoms with Crippen LogP contribution in [0.2, 0.25) is 0 Å². The van der Waals surface area contributed by atoms with Gasteiger partial charge in [-0.25, -0.2) is 0 Å². The highest BCUT2D eigenvalue weighted by molar-refractivity contribution is 5.71. The van der Waals surface area contributed by atoms with Gasteiger partial charge in [0, 0.05) is 12.5 Å². The monoisotopic (exact) mass is 297 g/mol. The fourth-order valence-electron chi connectivity index (χ4n) is 2.93. The molecule has 0 bridgehead atoms. The number of benzene rings is 2. The van der Waals surface area contributed by atoms with E-state index in [1.165, 1.54) is 16.7 Å². The van der Waals surface area contributed by atoms with Crippen molar-refractivity contribution in [2.24, 2.45) is 5.73 Å². The minimum atomic E-state index is -0.825. The van der Waals surface area contributed by atoms with E-state index in [0.29, 0.717) is 6.54 Å². The van der Waals surface area contributed by atoms with E-state index in [1.807, 2.05) is 13.0 Å². The molecule has 2 aromatic carbocycles. The fraction of sp³-hybridized carbons (Fsp3) is 0.316. The van der Waals surface area contributed by atoms with Crippen LogP contribution in [-0.2, 0) is 17.8 Å². The van der Waals surface area contributed by atoms with E-state index >= 15 is 0 Å². The van der Waals surface area contributed by atoms with Gasteiger partial charge in [-0.3, -0.25) is 4.79 Å². The van der Waals surface area contributed by atoms with Gasteiger partial charge in [-0.05, 0) is 41.7 Å². The van der Waals surface area contributed by atoms with Crippen molar-refractivity contribution < 1.29 is 9.90 Å². The molecule has 0 heterocycles. The summed E-state index contributed by atoms with van der Waals surface area (Å²) in [7, 11) is 0. The average Bonchev–Trinajstić information content (AvgIpc) is 2.46. The number of hydrogen-bond acceptors (Lipinski definition) is 2. The molecule has 0 amide bonds. The van der Waals surface area contributed by atoms with Crippen molar-refractivity contribution in [1.29, 1.82) is 0 Å². The summed E-state index contributed by atoms with van der Waals surface area (Å²) in [5.41, 5.74) is 12.4. The first-order chi connectivity index (χ1) is 10.4. The predicted molar refractivity (Wildman–Crippen MR) is 89.1 cm³/mol. The molecule has 0 aliphatic heterocycles. The number of carboxylic acid groups (broad SMARTS) is 1. The van der Waals surface area contributed by atoms with E-state index in [2.05, 4.69) is 44.2 Å². The minimum Gasteiger partial charge on any atom is -0.481 e. The van der Waals surface area contributed by atoms with Crippen molar-refractivity contribution >= 4 is 5.97 Å². The first-order valence-electron chi connectivity index (χ1n) is 7.53. The van der Waals surface area contributed by atoms with Crippen LogP contribution in [0.15, 0.2) is 36.4 Å². The average molecular weight is 297 g/mol. The zero-order valence-corrected chi connectivity index (χ0v) is 13.4. The lowest BCUT2D eigenvalue weighted by molar-refractivity contribution is -0.136. The number of aliphatic carboxylic acids is 1. The standard InChI is InChI=1S/C19H23NO2/c1-12-5-4-6-15(7-12)14(3)18-9-17(11-20)16(8-13(18)2)10-19(21)22/h4-9,14H,10-11,20H2,1-3H3,(H,21,22)/t14-/m0/s1. The lowest BCUT2D eigenvalue weighted by atomic mass is 9.86. The van der Waals surface area contributed by atoms with Gasteiger partial charge in [-0.2, -0.15) is 0 Å². The zero-order chi connectivity index (χ0) is 16.3. The Morgan fingerprint density at radius 3 is 2.50 bits per heavy atom. The number of hydrogen-bond donors (Lipinski definition) is 2. The molecule has 22 heavy (non-hydrogen) atoms. The van der Waals surface area contributed by atoms with E-state index < -0.39 is 5.97 Å². The number of carbonyl (C=O) groups is 1. The maximum absolute atomic E-state index is 11.0. The van der Waals surface area contributed by atoms with Crippen LogP contribution in [0.5, 0.6) is 0 Å². The molecule has 3 nitrogen and oxygen atoms in total. The maximum atomic E-state index is 11.0. The van der Waals surface area contributed by atoms with E-state index in [-0.39, 0.29) is 12.3 Å². The highest BCUT2D eigenvalue weighted by atomic mass is 16.4. The molecule has 0 spiro atoms. The topological polar surface area (TPSA) is 63.3 Å². The molecule has 0 saturated heterocycles. The highest BCUT2D eigenvalue weighted by Gasteiger charge is 2.15. The molecule has 0 radical (unpaired) electrons. The van der Waals surface area contributed by atoms with Crippen LogP contribution in [0.4, 0.5) is 0 Å². The molecule has 0 saturated carbocycles. The molecule has 0 fully saturated rings. The SMILES string of the molecule is Cc1cccc([C@H](C)c2cc(CN)c(CC(=O)O)cc2C)c1. The van der Waals surface area contributed by atoms with Crippen LogP contribution in [0.1, 0.15) is 46.2 Å². The van der Waals surface area contributed by atoms with Crippen molar-refractivity contribution in [3.05, 3.63) is 69.8 Å².